The smallest absolute Gasteiger partial charge is 0.143 e. The molecule has 0 saturated heterocycles. The van der Waals surface area contributed by atoms with Gasteiger partial charge < -0.3 is 13.9 Å². The number of rotatable bonds is 7. The molecule has 2 aromatic heterocycles. The summed E-state index contributed by atoms with van der Waals surface area (Å²) in [6.45, 7) is 0. The molecular formula is C54H36N2O. The molecule has 3 nitrogen and oxygen atoms in total. The monoisotopic (exact) mass is 728 g/mol. The van der Waals surface area contributed by atoms with E-state index in [9.17, 15) is 0 Å². The largest absolute Gasteiger partial charge is 0.455 e. The average molecular weight is 729 g/mol. The van der Waals surface area contributed by atoms with Crippen LogP contribution in [0.4, 0.5) is 17.1 Å². The van der Waals surface area contributed by atoms with Crippen LogP contribution >= 0.6 is 0 Å². The third-order valence-corrected chi connectivity index (χ3v) is 11.2. The first-order valence-electron chi connectivity index (χ1n) is 19.4. The van der Waals surface area contributed by atoms with E-state index in [-0.39, 0.29) is 0 Å². The Morgan fingerprint density at radius 1 is 0.333 bits per heavy atom. The summed E-state index contributed by atoms with van der Waals surface area (Å²) < 4.78 is 8.79. The summed E-state index contributed by atoms with van der Waals surface area (Å²) in [5.41, 5.74) is 15.5. The second-order valence-corrected chi connectivity index (χ2v) is 14.5. The molecule has 0 unspecified atom stereocenters. The molecule has 2 heterocycles. The minimum atomic E-state index is 0.909. The lowest BCUT2D eigenvalue weighted by Gasteiger charge is -2.26. The zero-order chi connectivity index (χ0) is 37.7. The molecule has 0 saturated carbocycles. The van der Waals surface area contributed by atoms with Gasteiger partial charge in [-0.2, -0.15) is 0 Å². The summed E-state index contributed by atoms with van der Waals surface area (Å²) in [6.07, 6.45) is 0. The van der Waals surface area contributed by atoms with Crippen LogP contribution in [-0.4, -0.2) is 4.57 Å². The Balaban J connectivity index is 1.02. The Morgan fingerprint density at radius 3 is 1.65 bits per heavy atom. The molecule has 0 radical (unpaired) electrons. The first kappa shape index (κ1) is 32.8. The quantitative estimate of drug-likeness (QED) is 0.163. The lowest BCUT2D eigenvalue weighted by molar-refractivity contribution is 0.670. The molecule has 57 heavy (non-hydrogen) atoms. The zero-order valence-corrected chi connectivity index (χ0v) is 31.1. The van der Waals surface area contributed by atoms with Gasteiger partial charge in [-0.05, 0) is 94.5 Å². The van der Waals surface area contributed by atoms with Crippen molar-refractivity contribution in [3.8, 4) is 39.1 Å². The molecule has 0 spiro atoms. The van der Waals surface area contributed by atoms with Crippen molar-refractivity contribution < 1.29 is 4.42 Å². The molecule has 0 fully saturated rings. The van der Waals surface area contributed by atoms with E-state index < -0.39 is 0 Å². The first-order chi connectivity index (χ1) is 28.3. The van der Waals surface area contributed by atoms with Gasteiger partial charge in [0.1, 0.15) is 11.2 Å². The number of nitrogens with zero attached hydrogens (tertiary/aromatic N) is 2. The first-order valence-corrected chi connectivity index (χ1v) is 19.4. The number of anilines is 3. The molecule has 0 aliphatic rings. The van der Waals surface area contributed by atoms with E-state index in [0.717, 1.165) is 66.9 Å². The molecular weight excluding hydrogens is 693 g/mol. The molecule has 0 aliphatic carbocycles. The Morgan fingerprint density at radius 2 is 0.877 bits per heavy atom. The van der Waals surface area contributed by atoms with Crippen LogP contribution in [0.25, 0.3) is 82.8 Å². The Labute approximate surface area is 330 Å². The van der Waals surface area contributed by atoms with E-state index in [1.165, 1.54) is 32.9 Å². The van der Waals surface area contributed by atoms with Crippen molar-refractivity contribution in [3.63, 3.8) is 0 Å². The molecule has 11 aromatic rings. The van der Waals surface area contributed by atoms with E-state index in [1.807, 2.05) is 12.1 Å². The molecule has 3 heteroatoms. The van der Waals surface area contributed by atoms with E-state index >= 15 is 0 Å². The number of hydrogen-bond donors (Lipinski definition) is 0. The van der Waals surface area contributed by atoms with Crippen LogP contribution in [0.15, 0.2) is 223 Å². The van der Waals surface area contributed by atoms with Gasteiger partial charge in [0.15, 0.2) is 0 Å². The Bertz CT molecular complexity index is 3210. The normalized spacial score (nSPS) is 11.5. The molecule has 268 valence electrons. The lowest BCUT2D eigenvalue weighted by Crippen LogP contribution is -2.10. The number of para-hydroxylation sites is 4. The molecule has 0 N–H and O–H groups in total. The molecule has 11 rings (SSSR count). The van der Waals surface area contributed by atoms with Gasteiger partial charge in [-0.3, -0.25) is 0 Å². The number of benzene rings is 9. The maximum atomic E-state index is 6.41. The van der Waals surface area contributed by atoms with Gasteiger partial charge in [0.2, 0.25) is 0 Å². The van der Waals surface area contributed by atoms with Crippen molar-refractivity contribution in [2.75, 3.05) is 4.90 Å². The number of hydrogen-bond acceptors (Lipinski definition) is 2. The summed E-state index contributed by atoms with van der Waals surface area (Å²) in [5.74, 6) is 0. The van der Waals surface area contributed by atoms with Crippen molar-refractivity contribution in [2.45, 2.75) is 0 Å². The topological polar surface area (TPSA) is 21.3 Å². The van der Waals surface area contributed by atoms with Gasteiger partial charge in [-0.15, -0.1) is 0 Å². The highest BCUT2D eigenvalue weighted by Gasteiger charge is 2.18. The maximum Gasteiger partial charge on any atom is 0.143 e. The Kier molecular flexibility index (Phi) is 7.82. The molecule has 0 aliphatic heterocycles. The summed E-state index contributed by atoms with van der Waals surface area (Å²) in [7, 11) is 0. The maximum absolute atomic E-state index is 6.41. The number of fused-ring (bicyclic) bond motifs is 6. The highest BCUT2D eigenvalue weighted by Crippen LogP contribution is 2.42. The number of aromatic nitrogens is 1. The van der Waals surface area contributed by atoms with Crippen molar-refractivity contribution in [2.24, 2.45) is 0 Å². The van der Waals surface area contributed by atoms with E-state index in [2.05, 4.69) is 216 Å². The van der Waals surface area contributed by atoms with E-state index in [4.69, 9.17) is 4.42 Å². The van der Waals surface area contributed by atoms with Crippen molar-refractivity contribution in [3.05, 3.63) is 218 Å². The fourth-order valence-corrected chi connectivity index (χ4v) is 8.48. The van der Waals surface area contributed by atoms with Crippen molar-refractivity contribution >= 4 is 60.8 Å². The fourth-order valence-electron chi connectivity index (χ4n) is 8.48. The second kappa shape index (κ2) is 13.6. The van der Waals surface area contributed by atoms with Crippen molar-refractivity contribution in [1.82, 2.24) is 4.57 Å². The van der Waals surface area contributed by atoms with Crippen LogP contribution in [0.1, 0.15) is 0 Å². The summed E-state index contributed by atoms with van der Waals surface area (Å²) in [6, 6.07) is 78.1. The lowest BCUT2D eigenvalue weighted by atomic mass is 9.97. The van der Waals surface area contributed by atoms with Crippen LogP contribution in [0, 0.1) is 0 Å². The van der Waals surface area contributed by atoms with Crippen LogP contribution in [0.5, 0.6) is 0 Å². The van der Waals surface area contributed by atoms with E-state index in [1.54, 1.807) is 0 Å². The minimum Gasteiger partial charge on any atom is -0.455 e. The Hall–Kier alpha value is -7.62. The predicted octanol–water partition coefficient (Wildman–Crippen LogP) is 15.2. The van der Waals surface area contributed by atoms with Crippen LogP contribution < -0.4 is 4.90 Å². The third kappa shape index (κ3) is 5.68. The SMILES string of the molecule is c1ccc(-c2ccc(N(c3ccc(-c4cccc(-c5cccc6c5oc5ccccc56)c4)cc3)c3ccc4c5ccccc5n(-c5ccccc5)c4c3)cc2)cc1. The van der Waals surface area contributed by atoms with E-state index in [0.29, 0.717) is 0 Å². The average Bonchev–Trinajstić information content (AvgIpc) is 3.83. The summed E-state index contributed by atoms with van der Waals surface area (Å²) >= 11 is 0. The molecule has 0 atom stereocenters. The zero-order valence-electron chi connectivity index (χ0n) is 31.1. The van der Waals surface area contributed by atoms with Gasteiger partial charge in [-0.1, -0.05) is 152 Å². The van der Waals surface area contributed by atoms with Gasteiger partial charge >= 0.3 is 0 Å². The standard InChI is InChI=1S/C54H36N2O/c1-3-13-37(14-4-1)38-25-29-43(30-26-38)55(45-33-34-48-47-19-7-9-23-51(47)56(52(48)36-45)42-17-5-2-6-18-42)44-31-27-39(28-32-44)40-15-11-16-41(35-40)46-21-12-22-50-49-20-8-10-24-53(49)57-54(46)50/h1-36H. The van der Waals surface area contributed by atoms with Crippen molar-refractivity contribution in [1.29, 1.82) is 0 Å². The van der Waals surface area contributed by atoms with Crippen LogP contribution in [-0.2, 0) is 0 Å². The van der Waals surface area contributed by atoms with Crippen LogP contribution in [0.3, 0.4) is 0 Å². The minimum absolute atomic E-state index is 0.909. The third-order valence-electron chi connectivity index (χ3n) is 11.2. The summed E-state index contributed by atoms with van der Waals surface area (Å²) in [4.78, 5) is 2.36. The fraction of sp³-hybridized carbons (Fsp3) is 0. The van der Waals surface area contributed by atoms with Gasteiger partial charge in [0.05, 0.1) is 11.0 Å². The molecule has 0 amide bonds. The van der Waals surface area contributed by atoms with Gasteiger partial charge in [0, 0.05) is 49.9 Å². The van der Waals surface area contributed by atoms with Crippen LogP contribution in [0.2, 0.25) is 0 Å². The molecule has 9 aromatic carbocycles. The highest BCUT2D eigenvalue weighted by atomic mass is 16.3. The highest BCUT2D eigenvalue weighted by molar-refractivity contribution is 6.11. The molecule has 0 bridgehead atoms. The number of furan rings is 1. The van der Waals surface area contributed by atoms with Gasteiger partial charge in [0.25, 0.3) is 0 Å². The summed E-state index contributed by atoms with van der Waals surface area (Å²) in [5, 5.41) is 4.74. The predicted molar refractivity (Wildman–Crippen MR) is 239 cm³/mol. The van der Waals surface area contributed by atoms with Gasteiger partial charge in [-0.25, -0.2) is 0 Å². The second-order valence-electron chi connectivity index (χ2n) is 14.5.